The van der Waals surface area contributed by atoms with Gasteiger partial charge in [-0.15, -0.1) is 0 Å². The zero-order chi connectivity index (χ0) is 15.1. The Morgan fingerprint density at radius 2 is 1.95 bits per heavy atom. The summed E-state index contributed by atoms with van der Waals surface area (Å²) in [5.74, 6) is 1.57. The standard InChI is InChI=1S/C17H26N2O2/c1-20-16-6-5-15(13-17(16)21-2)14-7-11-19(12-8-14)10-4-3-9-18/h5-7,13H,3-4,8-12,18H2,1-2H3. The molecule has 1 heterocycles. The van der Waals surface area contributed by atoms with Gasteiger partial charge in [-0.2, -0.15) is 0 Å². The van der Waals surface area contributed by atoms with Gasteiger partial charge in [-0.25, -0.2) is 0 Å². The lowest BCUT2D eigenvalue weighted by atomic mass is 9.99. The van der Waals surface area contributed by atoms with E-state index in [2.05, 4.69) is 23.1 Å². The highest BCUT2D eigenvalue weighted by Crippen LogP contribution is 2.32. The van der Waals surface area contributed by atoms with Gasteiger partial charge in [-0.3, -0.25) is 4.90 Å². The minimum absolute atomic E-state index is 0.779. The smallest absolute Gasteiger partial charge is 0.161 e. The second-order valence-electron chi connectivity index (χ2n) is 5.35. The summed E-state index contributed by atoms with van der Waals surface area (Å²) in [6.07, 6.45) is 5.71. The maximum absolute atomic E-state index is 5.54. The number of rotatable bonds is 7. The van der Waals surface area contributed by atoms with Gasteiger partial charge in [-0.05, 0) is 55.6 Å². The lowest BCUT2D eigenvalue weighted by molar-refractivity contribution is 0.296. The molecule has 21 heavy (non-hydrogen) atoms. The molecule has 0 fully saturated rings. The fourth-order valence-corrected chi connectivity index (χ4v) is 2.69. The van der Waals surface area contributed by atoms with Crippen LogP contribution in [0.15, 0.2) is 24.3 Å². The third-order valence-electron chi connectivity index (χ3n) is 3.98. The molecule has 0 radical (unpaired) electrons. The molecule has 0 atom stereocenters. The van der Waals surface area contributed by atoms with Gasteiger partial charge in [0.25, 0.3) is 0 Å². The van der Waals surface area contributed by atoms with Gasteiger partial charge in [0.2, 0.25) is 0 Å². The third-order valence-corrected chi connectivity index (χ3v) is 3.98. The van der Waals surface area contributed by atoms with Crippen LogP contribution in [-0.2, 0) is 0 Å². The van der Waals surface area contributed by atoms with Crippen molar-refractivity contribution in [2.24, 2.45) is 5.73 Å². The van der Waals surface area contributed by atoms with Crippen molar-refractivity contribution in [3.8, 4) is 11.5 Å². The summed E-state index contributed by atoms with van der Waals surface area (Å²) in [5, 5.41) is 0. The van der Waals surface area contributed by atoms with Crippen LogP contribution >= 0.6 is 0 Å². The van der Waals surface area contributed by atoms with Gasteiger partial charge in [0.1, 0.15) is 0 Å². The number of benzene rings is 1. The van der Waals surface area contributed by atoms with E-state index < -0.39 is 0 Å². The molecule has 0 aromatic heterocycles. The molecule has 2 N–H and O–H groups in total. The van der Waals surface area contributed by atoms with Crippen molar-refractivity contribution in [1.82, 2.24) is 4.90 Å². The molecule has 0 saturated carbocycles. The van der Waals surface area contributed by atoms with Crippen molar-refractivity contribution >= 4 is 5.57 Å². The number of hydrogen-bond acceptors (Lipinski definition) is 4. The Morgan fingerprint density at radius 1 is 1.14 bits per heavy atom. The van der Waals surface area contributed by atoms with Crippen LogP contribution in [0.25, 0.3) is 5.57 Å². The van der Waals surface area contributed by atoms with E-state index >= 15 is 0 Å². The fourth-order valence-electron chi connectivity index (χ4n) is 2.69. The second-order valence-corrected chi connectivity index (χ2v) is 5.35. The molecule has 1 aromatic rings. The predicted molar refractivity (Wildman–Crippen MR) is 86.9 cm³/mol. The number of nitrogens with two attached hydrogens (primary N) is 1. The Bertz CT molecular complexity index is 486. The van der Waals surface area contributed by atoms with Crippen LogP contribution in [0, 0.1) is 0 Å². The third kappa shape index (κ3) is 4.22. The summed E-state index contributed by atoms with van der Waals surface area (Å²) in [5.41, 5.74) is 8.17. The quantitative estimate of drug-likeness (QED) is 0.784. The molecule has 116 valence electrons. The SMILES string of the molecule is COc1ccc(C2=CCN(CCCCN)CC2)cc1OC. The first kappa shape index (κ1) is 15.9. The summed E-state index contributed by atoms with van der Waals surface area (Å²) >= 11 is 0. The molecule has 0 spiro atoms. The van der Waals surface area contributed by atoms with Gasteiger partial charge in [-0.1, -0.05) is 12.1 Å². The molecule has 0 amide bonds. The second kappa shape index (κ2) is 8.05. The van der Waals surface area contributed by atoms with Crippen molar-refractivity contribution in [3.63, 3.8) is 0 Å². The van der Waals surface area contributed by atoms with Crippen LogP contribution < -0.4 is 15.2 Å². The predicted octanol–water partition coefficient (Wildman–Crippen LogP) is 2.53. The number of hydrogen-bond donors (Lipinski definition) is 1. The first-order valence-electron chi connectivity index (χ1n) is 7.62. The monoisotopic (exact) mass is 290 g/mol. The summed E-state index contributed by atoms with van der Waals surface area (Å²) in [4.78, 5) is 2.49. The van der Waals surface area contributed by atoms with Crippen LogP contribution in [0.3, 0.4) is 0 Å². The van der Waals surface area contributed by atoms with Crippen molar-refractivity contribution in [1.29, 1.82) is 0 Å². The summed E-state index contributed by atoms with van der Waals surface area (Å²) < 4.78 is 10.7. The van der Waals surface area contributed by atoms with E-state index in [9.17, 15) is 0 Å². The summed E-state index contributed by atoms with van der Waals surface area (Å²) in [6.45, 7) is 4.08. The highest BCUT2D eigenvalue weighted by Gasteiger charge is 2.14. The zero-order valence-electron chi connectivity index (χ0n) is 13.1. The van der Waals surface area contributed by atoms with Gasteiger partial charge in [0.15, 0.2) is 11.5 Å². The number of unbranched alkanes of at least 4 members (excludes halogenated alkanes) is 1. The number of ether oxygens (including phenoxy) is 2. The average Bonchev–Trinajstić information content (AvgIpc) is 2.55. The Kier molecular flexibility index (Phi) is 6.08. The van der Waals surface area contributed by atoms with E-state index in [0.29, 0.717) is 0 Å². The van der Waals surface area contributed by atoms with Crippen LogP contribution in [0.1, 0.15) is 24.8 Å². The van der Waals surface area contributed by atoms with Crippen molar-refractivity contribution in [2.75, 3.05) is 40.4 Å². The molecular weight excluding hydrogens is 264 g/mol. The maximum atomic E-state index is 5.54. The van der Waals surface area contributed by atoms with E-state index in [0.717, 1.165) is 50.5 Å². The zero-order valence-corrected chi connectivity index (χ0v) is 13.1. The number of methoxy groups -OCH3 is 2. The molecule has 0 saturated heterocycles. The van der Waals surface area contributed by atoms with Crippen molar-refractivity contribution < 1.29 is 9.47 Å². The normalized spacial score (nSPS) is 15.7. The van der Waals surface area contributed by atoms with E-state index in [1.54, 1.807) is 14.2 Å². The average molecular weight is 290 g/mol. The van der Waals surface area contributed by atoms with Gasteiger partial charge < -0.3 is 15.2 Å². The first-order valence-corrected chi connectivity index (χ1v) is 7.62. The molecule has 0 bridgehead atoms. The van der Waals surface area contributed by atoms with E-state index in [1.165, 1.54) is 17.6 Å². The molecule has 4 nitrogen and oxygen atoms in total. The lowest BCUT2D eigenvalue weighted by Gasteiger charge is -2.26. The Morgan fingerprint density at radius 3 is 2.57 bits per heavy atom. The molecule has 4 heteroatoms. The summed E-state index contributed by atoms with van der Waals surface area (Å²) in [6, 6.07) is 6.15. The largest absolute Gasteiger partial charge is 0.493 e. The molecule has 0 unspecified atom stereocenters. The topological polar surface area (TPSA) is 47.7 Å². The summed E-state index contributed by atoms with van der Waals surface area (Å²) in [7, 11) is 3.34. The Balaban J connectivity index is 2.00. The van der Waals surface area contributed by atoms with Crippen LogP contribution in [-0.4, -0.2) is 45.3 Å². The molecule has 2 rings (SSSR count). The minimum Gasteiger partial charge on any atom is -0.493 e. The maximum Gasteiger partial charge on any atom is 0.161 e. The molecule has 1 aliphatic rings. The Labute approximate surface area is 127 Å². The molecular formula is C17H26N2O2. The van der Waals surface area contributed by atoms with E-state index in [1.807, 2.05) is 6.07 Å². The van der Waals surface area contributed by atoms with Crippen molar-refractivity contribution in [3.05, 3.63) is 29.8 Å². The molecule has 1 aromatic carbocycles. The van der Waals surface area contributed by atoms with Crippen LogP contribution in [0.4, 0.5) is 0 Å². The highest BCUT2D eigenvalue weighted by atomic mass is 16.5. The van der Waals surface area contributed by atoms with E-state index in [-0.39, 0.29) is 0 Å². The van der Waals surface area contributed by atoms with Crippen LogP contribution in [0.2, 0.25) is 0 Å². The Hall–Kier alpha value is -1.52. The molecule has 0 aliphatic carbocycles. The highest BCUT2D eigenvalue weighted by molar-refractivity contribution is 5.69. The molecule has 1 aliphatic heterocycles. The fraction of sp³-hybridized carbons (Fsp3) is 0.529. The lowest BCUT2D eigenvalue weighted by Crippen LogP contribution is -2.29. The number of nitrogens with zero attached hydrogens (tertiary/aromatic N) is 1. The minimum atomic E-state index is 0.779. The van der Waals surface area contributed by atoms with Gasteiger partial charge in [0.05, 0.1) is 14.2 Å². The van der Waals surface area contributed by atoms with Gasteiger partial charge in [0, 0.05) is 13.1 Å². The van der Waals surface area contributed by atoms with E-state index in [4.69, 9.17) is 15.2 Å². The van der Waals surface area contributed by atoms with Crippen LogP contribution in [0.5, 0.6) is 11.5 Å². The van der Waals surface area contributed by atoms with Gasteiger partial charge >= 0.3 is 0 Å². The van der Waals surface area contributed by atoms with Crippen molar-refractivity contribution in [2.45, 2.75) is 19.3 Å². The first-order chi connectivity index (χ1) is 10.3.